The third kappa shape index (κ3) is 8.25. The average molecular weight is 595 g/mol. The summed E-state index contributed by atoms with van der Waals surface area (Å²) in [6.07, 6.45) is 0. The Labute approximate surface area is 170 Å². The van der Waals surface area contributed by atoms with Crippen LogP contribution in [-0.2, 0) is 35.4 Å². The van der Waals surface area contributed by atoms with Crippen LogP contribution in [0.3, 0.4) is 0 Å². The monoisotopic (exact) mass is 594 g/mol. The Hall–Kier alpha value is -1.04. The van der Waals surface area contributed by atoms with Crippen LogP contribution in [0.1, 0.15) is 27.7 Å². The van der Waals surface area contributed by atoms with Crippen LogP contribution in [0, 0.1) is 15.7 Å². The first kappa shape index (κ1) is 43.9. The Bertz CT molecular complexity index is 410. The molecule has 0 saturated heterocycles. The number of carboxylic acids is 3. The van der Waals surface area contributed by atoms with Gasteiger partial charge in [0.05, 0.1) is 0 Å². The molecule has 25 heavy (non-hydrogen) atoms. The van der Waals surface area contributed by atoms with Crippen LogP contribution in [0.25, 0.3) is 0 Å². The van der Waals surface area contributed by atoms with E-state index in [9.17, 15) is 19.5 Å². The predicted octanol–water partition coefficient (Wildman–Crippen LogP) is -5.50. The third-order valence-electron chi connectivity index (χ3n) is 3.19. The second-order valence-electron chi connectivity index (χ2n) is 4.96. The Balaban J connectivity index is -0.0000000753. The van der Waals surface area contributed by atoms with E-state index < -0.39 is 34.3 Å². The van der Waals surface area contributed by atoms with Crippen LogP contribution < -0.4 is 37.1 Å². The van der Waals surface area contributed by atoms with E-state index in [-0.39, 0.29) is 58.2 Å². The van der Waals surface area contributed by atoms with Gasteiger partial charge in [0.1, 0.15) is 10.8 Å². The number of rotatable bonds is 5. The van der Waals surface area contributed by atoms with Crippen molar-refractivity contribution in [2.24, 2.45) is 16.2 Å². The van der Waals surface area contributed by atoms with E-state index in [1.807, 2.05) is 0 Å². The first-order valence-electron chi connectivity index (χ1n) is 5.14. The standard InChI is InChI=1S/C10H16O7.2ClH.HNO2.2H3N.Pt/c1-8(2,5(11)12)10(17,7(15)16)9(3,4)6(13)14;;;2-1-3;;;/h17H,1-4H3,(H,11,12)(H,13,14)(H,15,16);2*1H;(H,2,3);2*1H3;/q;;;;;;+4/p-2. The minimum Gasteiger partial charge on any atom is -1.00 e. The second-order valence-corrected chi connectivity index (χ2v) is 4.96. The number of halogens is 2. The van der Waals surface area contributed by atoms with Crippen molar-refractivity contribution in [3.05, 3.63) is 4.91 Å². The topological polar surface area (TPSA) is 252 Å². The Morgan fingerprint density at radius 2 is 0.920 bits per heavy atom. The molecule has 0 aliphatic carbocycles. The van der Waals surface area contributed by atoms with Gasteiger partial charge in [-0.1, -0.05) is 0 Å². The van der Waals surface area contributed by atoms with Gasteiger partial charge in [-0.3, -0.25) is 9.59 Å². The normalized spacial score (nSPS) is 9.48. The Morgan fingerprint density at radius 3 is 1.00 bits per heavy atom. The minimum absolute atomic E-state index is 0. The van der Waals surface area contributed by atoms with Gasteiger partial charge in [0, 0.05) is 0 Å². The average Bonchev–Trinajstić information content (AvgIpc) is 2.27. The van der Waals surface area contributed by atoms with E-state index >= 15 is 0 Å². The third-order valence-corrected chi connectivity index (χ3v) is 3.19. The molecule has 0 aromatic heterocycles. The van der Waals surface area contributed by atoms with Gasteiger partial charge in [-0.2, -0.15) is 0 Å². The van der Waals surface area contributed by atoms with Crippen LogP contribution in [0.2, 0.25) is 0 Å². The summed E-state index contributed by atoms with van der Waals surface area (Å²) >= 11 is 0. The molecule has 0 radical (unpaired) electrons. The number of carbonyl (C=O) groups is 3. The molecule has 0 aromatic carbocycles. The molecule has 0 fully saturated rings. The van der Waals surface area contributed by atoms with E-state index in [0.717, 1.165) is 27.7 Å². The summed E-state index contributed by atoms with van der Waals surface area (Å²) < 4.78 is 0. The van der Waals surface area contributed by atoms with E-state index in [1.165, 1.54) is 5.34 Å². The minimum atomic E-state index is -2.95. The molecule has 0 aliphatic heterocycles. The Morgan fingerprint density at radius 1 is 0.760 bits per heavy atom. The zero-order valence-corrected chi connectivity index (χ0v) is 17.6. The van der Waals surface area contributed by atoms with Crippen molar-refractivity contribution in [3.63, 3.8) is 0 Å². The number of hydrogen-bond acceptors (Lipinski definition) is 8. The molecule has 11 N–H and O–H groups in total. The number of aliphatic hydroxyl groups is 1. The maximum atomic E-state index is 11.1. The van der Waals surface area contributed by atoms with Crippen LogP contribution >= 0.6 is 0 Å². The summed E-state index contributed by atoms with van der Waals surface area (Å²) in [5.41, 5.74) is -7.28. The van der Waals surface area contributed by atoms with Gasteiger partial charge < -0.3 is 62.7 Å². The van der Waals surface area contributed by atoms with Crippen molar-refractivity contribution in [3.8, 4) is 0 Å². The summed E-state index contributed by atoms with van der Waals surface area (Å²) in [5.74, 6) is -5.09. The first-order chi connectivity index (χ1) is 8.74. The molecular formula is C10H23Cl2N3O9Pt+2. The fraction of sp³-hybridized carbons (Fsp3) is 0.700. The number of nitrogens with zero attached hydrogens (tertiary/aromatic N) is 1. The van der Waals surface area contributed by atoms with Crippen molar-refractivity contribution in [1.29, 1.82) is 0 Å². The maximum absolute atomic E-state index is 11.1. The van der Waals surface area contributed by atoms with Gasteiger partial charge in [0.15, 0.2) is 10.9 Å². The molecule has 15 heteroatoms. The molecular weight excluding hydrogens is 572 g/mol. The van der Waals surface area contributed by atoms with Crippen LogP contribution in [0.4, 0.5) is 0 Å². The molecule has 0 aromatic rings. The van der Waals surface area contributed by atoms with Crippen LogP contribution in [-0.4, -0.2) is 49.1 Å². The largest absolute Gasteiger partial charge is 4.00 e. The smallest absolute Gasteiger partial charge is 1.00 e. The number of hydrogen-bond donors (Lipinski definition) is 7. The number of aliphatic carboxylic acids is 3. The SMILES string of the molecule is CC(C)(C(=O)O)C(O)(C(=O)O)C(C)(C)C(=O)O.N.N.O=NO.[Cl-].[Cl-].[Pt+4]. The molecule has 12 nitrogen and oxygen atoms in total. The van der Waals surface area contributed by atoms with Crippen molar-refractivity contribution < 1.29 is 85.9 Å². The summed E-state index contributed by atoms with van der Waals surface area (Å²) in [6.45, 7) is 3.87. The maximum Gasteiger partial charge on any atom is 4.00 e. The van der Waals surface area contributed by atoms with Gasteiger partial charge in [-0.25, -0.2) is 4.79 Å². The van der Waals surface area contributed by atoms with Crippen molar-refractivity contribution >= 4 is 17.9 Å². The van der Waals surface area contributed by atoms with E-state index in [0.29, 0.717) is 0 Å². The molecule has 0 unspecified atom stereocenters. The van der Waals surface area contributed by atoms with Crippen LogP contribution in [0.5, 0.6) is 0 Å². The van der Waals surface area contributed by atoms with Gasteiger partial charge in [-0.15, -0.1) is 4.91 Å². The van der Waals surface area contributed by atoms with Gasteiger partial charge in [0.25, 0.3) is 0 Å². The summed E-state index contributed by atoms with van der Waals surface area (Å²) in [7, 11) is 0. The second kappa shape index (κ2) is 15.2. The quantitative estimate of drug-likeness (QED) is 0.117. The van der Waals surface area contributed by atoms with Gasteiger partial charge in [0.2, 0.25) is 0 Å². The van der Waals surface area contributed by atoms with Crippen LogP contribution in [0.15, 0.2) is 5.34 Å². The van der Waals surface area contributed by atoms with Crippen molar-refractivity contribution in [1.82, 2.24) is 12.3 Å². The summed E-state index contributed by atoms with van der Waals surface area (Å²) in [6, 6.07) is 0. The zero-order chi connectivity index (χ0) is 16.9. The molecule has 0 bridgehead atoms. The molecule has 0 aliphatic rings. The number of carboxylic acid groups (broad SMARTS) is 3. The molecule has 0 saturated carbocycles. The van der Waals surface area contributed by atoms with Gasteiger partial charge in [-0.05, 0) is 27.7 Å². The summed E-state index contributed by atoms with van der Waals surface area (Å²) in [4.78, 5) is 41.3. The zero-order valence-electron chi connectivity index (χ0n) is 13.8. The molecule has 154 valence electrons. The van der Waals surface area contributed by atoms with Gasteiger partial charge >= 0.3 is 39.0 Å². The van der Waals surface area contributed by atoms with E-state index in [1.54, 1.807) is 0 Å². The molecule has 0 rings (SSSR count). The molecule has 0 amide bonds. The Kier molecular flexibility index (Phi) is 26.8. The molecule has 0 atom stereocenters. The summed E-state index contributed by atoms with van der Waals surface area (Å²) in [5, 5.41) is 44.9. The fourth-order valence-electron chi connectivity index (χ4n) is 1.63. The molecule has 0 heterocycles. The predicted molar refractivity (Wildman–Crippen MR) is 73.0 cm³/mol. The van der Waals surface area contributed by atoms with E-state index in [4.69, 9.17) is 25.4 Å². The van der Waals surface area contributed by atoms with Crippen molar-refractivity contribution in [2.45, 2.75) is 33.3 Å². The first-order valence-corrected chi connectivity index (χ1v) is 5.14. The van der Waals surface area contributed by atoms with Crippen molar-refractivity contribution in [2.75, 3.05) is 0 Å². The fourth-order valence-corrected chi connectivity index (χ4v) is 1.63. The molecule has 0 spiro atoms. The van der Waals surface area contributed by atoms with E-state index in [2.05, 4.69) is 0 Å².